The van der Waals surface area contributed by atoms with Gasteiger partial charge >= 0.3 is 0 Å². The summed E-state index contributed by atoms with van der Waals surface area (Å²) in [6.07, 6.45) is 1.48. The molecule has 2 rings (SSSR count). The third kappa shape index (κ3) is 3.97. The Morgan fingerprint density at radius 1 is 1.29 bits per heavy atom. The number of carbonyl (C=O) groups is 2. The van der Waals surface area contributed by atoms with Gasteiger partial charge in [-0.3, -0.25) is 9.59 Å². The quantitative estimate of drug-likeness (QED) is 0.631. The molecule has 21 heavy (non-hydrogen) atoms. The monoisotopic (exact) mass is 464 g/mol. The molecule has 0 aliphatic carbocycles. The molecule has 1 heterocycles. The summed E-state index contributed by atoms with van der Waals surface area (Å²) in [5.41, 5.74) is 0.694. The van der Waals surface area contributed by atoms with Gasteiger partial charge in [-0.15, -0.1) is 0 Å². The maximum absolute atomic E-state index is 12.6. The van der Waals surface area contributed by atoms with E-state index in [1.54, 1.807) is 19.0 Å². The van der Waals surface area contributed by atoms with Gasteiger partial charge in [-0.25, -0.2) is 0 Å². The number of likely N-dealkylation sites (tertiary alicyclic amines) is 1. The van der Waals surface area contributed by atoms with Crippen molar-refractivity contribution in [2.45, 2.75) is 12.8 Å². The Hall–Kier alpha value is -0.630. The zero-order valence-electron chi connectivity index (χ0n) is 12.1. The topological polar surface area (TPSA) is 40.6 Å². The molecule has 1 aromatic carbocycles. The fourth-order valence-electron chi connectivity index (χ4n) is 2.53. The first kappa shape index (κ1) is 16.7. The Kier molecular flexibility index (Phi) is 5.65. The van der Waals surface area contributed by atoms with Gasteiger partial charge in [0.1, 0.15) is 0 Å². The Morgan fingerprint density at radius 3 is 2.48 bits per heavy atom. The lowest BCUT2D eigenvalue weighted by Gasteiger charge is -2.32. The molecule has 0 bridgehead atoms. The predicted molar refractivity (Wildman–Crippen MR) is 94.2 cm³/mol. The van der Waals surface area contributed by atoms with Gasteiger partial charge in [0.2, 0.25) is 5.91 Å². The van der Waals surface area contributed by atoms with Crippen LogP contribution in [0.15, 0.2) is 22.7 Å². The van der Waals surface area contributed by atoms with Crippen molar-refractivity contribution in [3.63, 3.8) is 0 Å². The van der Waals surface area contributed by atoms with E-state index in [0.29, 0.717) is 18.7 Å². The van der Waals surface area contributed by atoms with Crippen molar-refractivity contribution in [3.8, 4) is 0 Å². The maximum atomic E-state index is 12.6. The van der Waals surface area contributed by atoms with Gasteiger partial charge in [0.05, 0.1) is 5.56 Å². The Labute approximate surface area is 147 Å². The molecular weight excluding hydrogens is 447 g/mol. The lowest BCUT2D eigenvalue weighted by Crippen LogP contribution is -2.42. The molecular formula is C15H18BrIN2O2. The average Bonchev–Trinajstić information content (AvgIpc) is 2.48. The molecule has 0 N–H and O–H groups in total. The molecule has 1 aliphatic rings. The van der Waals surface area contributed by atoms with Crippen LogP contribution in [0.3, 0.4) is 0 Å². The van der Waals surface area contributed by atoms with Crippen LogP contribution in [0.5, 0.6) is 0 Å². The SMILES string of the molecule is CN(C)C(=O)C1CCN(C(=O)c2cc(I)ccc2Br)CC1. The van der Waals surface area contributed by atoms with Crippen molar-refractivity contribution in [3.05, 3.63) is 31.8 Å². The van der Waals surface area contributed by atoms with Gasteiger partial charge < -0.3 is 9.80 Å². The van der Waals surface area contributed by atoms with Crippen LogP contribution in [0, 0.1) is 9.49 Å². The Bertz CT molecular complexity index is 555. The largest absolute Gasteiger partial charge is 0.349 e. The average molecular weight is 465 g/mol. The zero-order valence-corrected chi connectivity index (χ0v) is 15.8. The molecule has 0 unspecified atom stereocenters. The number of rotatable bonds is 2. The maximum Gasteiger partial charge on any atom is 0.255 e. The summed E-state index contributed by atoms with van der Waals surface area (Å²) >= 11 is 5.64. The molecule has 1 saturated heterocycles. The van der Waals surface area contributed by atoms with Crippen LogP contribution < -0.4 is 0 Å². The normalized spacial score (nSPS) is 15.9. The smallest absolute Gasteiger partial charge is 0.255 e. The summed E-state index contributed by atoms with van der Waals surface area (Å²) in [6.45, 7) is 1.28. The molecule has 0 radical (unpaired) electrons. The van der Waals surface area contributed by atoms with E-state index < -0.39 is 0 Å². The molecule has 0 saturated carbocycles. The van der Waals surface area contributed by atoms with Crippen LogP contribution in [-0.4, -0.2) is 48.8 Å². The Morgan fingerprint density at radius 2 is 1.90 bits per heavy atom. The van der Waals surface area contributed by atoms with Crippen molar-refractivity contribution >= 4 is 50.3 Å². The van der Waals surface area contributed by atoms with E-state index in [-0.39, 0.29) is 17.7 Å². The summed E-state index contributed by atoms with van der Waals surface area (Å²) in [5.74, 6) is 0.247. The van der Waals surface area contributed by atoms with Crippen LogP contribution >= 0.6 is 38.5 Å². The van der Waals surface area contributed by atoms with Crippen LogP contribution in [0.4, 0.5) is 0 Å². The molecule has 114 valence electrons. The van der Waals surface area contributed by atoms with Crippen molar-refractivity contribution in [2.75, 3.05) is 27.2 Å². The van der Waals surface area contributed by atoms with Crippen molar-refractivity contribution in [1.82, 2.24) is 9.80 Å². The number of benzene rings is 1. The van der Waals surface area contributed by atoms with Crippen LogP contribution in [-0.2, 0) is 4.79 Å². The number of hydrogen-bond acceptors (Lipinski definition) is 2. The fourth-order valence-corrected chi connectivity index (χ4v) is 3.43. The minimum absolute atomic E-state index is 0.0381. The first-order valence-corrected chi connectivity index (χ1v) is 8.73. The minimum atomic E-state index is 0.0381. The fraction of sp³-hybridized carbons (Fsp3) is 0.467. The van der Waals surface area contributed by atoms with E-state index in [2.05, 4.69) is 38.5 Å². The van der Waals surface area contributed by atoms with Crippen LogP contribution in [0.25, 0.3) is 0 Å². The highest BCUT2D eigenvalue weighted by molar-refractivity contribution is 14.1. The molecule has 0 spiro atoms. The van der Waals surface area contributed by atoms with Gasteiger partial charge in [-0.05, 0) is 69.6 Å². The summed E-state index contributed by atoms with van der Waals surface area (Å²) < 4.78 is 1.86. The molecule has 1 aliphatic heterocycles. The zero-order chi connectivity index (χ0) is 15.6. The first-order chi connectivity index (χ1) is 9.90. The number of piperidine rings is 1. The van der Waals surface area contributed by atoms with Crippen molar-refractivity contribution in [1.29, 1.82) is 0 Å². The van der Waals surface area contributed by atoms with E-state index in [1.165, 1.54) is 0 Å². The summed E-state index contributed by atoms with van der Waals surface area (Å²) in [5, 5.41) is 0. The number of amides is 2. The van der Waals surface area contributed by atoms with Crippen LogP contribution in [0.2, 0.25) is 0 Å². The number of carbonyl (C=O) groups excluding carboxylic acids is 2. The summed E-state index contributed by atoms with van der Waals surface area (Å²) in [4.78, 5) is 28.0. The highest BCUT2D eigenvalue weighted by Crippen LogP contribution is 2.24. The second kappa shape index (κ2) is 7.09. The molecule has 0 aromatic heterocycles. The molecule has 1 fully saturated rings. The van der Waals surface area contributed by atoms with Crippen molar-refractivity contribution < 1.29 is 9.59 Å². The van der Waals surface area contributed by atoms with E-state index >= 15 is 0 Å². The van der Waals surface area contributed by atoms with Crippen LogP contribution in [0.1, 0.15) is 23.2 Å². The van der Waals surface area contributed by atoms with Gasteiger partial charge in [-0.1, -0.05) is 0 Å². The standard InChI is InChI=1S/C15H18BrIN2O2/c1-18(2)14(20)10-5-7-19(8-6-10)15(21)12-9-11(17)3-4-13(12)16/h3-4,9-10H,5-8H2,1-2H3. The predicted octanol–water partition coefficient (Wildman–Crippen LogP) is 2.99. The first-order valence-electron chi connectivity index (χ1n) is 6.85. The number of hydrogen-bond donors (Lipinski definition) is 0. The highest BCUT2D eigenvalue weighted by Gasteiger charge is 2.29. The van der Waals surface area contributed by atoms with Gasteiger partial charge in [0, 0.05) is 41.1 Å². The van der Waals surface area contributed by atoms with Gasteiger partial charge in [0.15, 0.2) is 0 Å². The molecule has 2 amide bonds. The minimum Gasteiger partial charge on any atom is -0.349 e. The second-order valence-electron chi connectivity index (χ2n) is 5.42. The summed E-state index contributed by atoms with van der Waals surface area (Å²) in [7, 11) is 3.56. The van der Waals surface area contributed by atoms with E-state index in [0.717, 1.165) is 20.9 Å². The van der Waals surface area contributed by atoms with E-state index in [9.17, 15) is 9.59 Å². The van der Waals surface area contributed by atoms with E-state index in [1.807, 2.05) is 23.1 Å². The molecule has 4 nitrogen and oxygen atoms in total. The summed E-state index contributed by atoms with van der Waals surface area (Å²) in [6, 6.07) is 5.75. The van der Waals surface area contributed by atoms with Crippen molar-refractivity contribution in [2.24, 2.45) is 5.92 Å². The second-order valence-corrected chi connectivity index (χ2v) is 7.52. The van der Waals surface area contributed by atoms with Gasteiger partial charge in [0.25, 0.3) is 5.91 Å². The Balaban J connectivity index is 2.03. The number of nitrogens with zero attached hydrogens (tertiary/aromatic N) is 2. The highest BCUT2D eigenvalue weighted by atomic mass is 127. The lowest BCUT2D eigenvalue weighted by molar-refractivity contribution is -0.134. The molecule has 6 heteroatoms. The third-order valence-electron chi connectivity index (χ3n) is 3.73. The van der Waals surface area contributed by atoms with Gasteiger partial charge in [-0.2, -0.15) is 0 Å². The lowest BCUT2D eigenvalue weighted by atomic mass is 9.95. The number of halogens is 2. The molecule has 0 atom stereocenters. The molecule has 1 aromatic rings. The van der Waals surface area contributed by atoms with E-state index in [4.69, 9.17) is 0 Å². The third-order valence-corrected chi connectivity index (χ3v) is 5.09.